The normalized spacial score (nSPS) is 12.2. The standard InChI is InChI=1S/C16H21N3OS/c1-4-11-7-6-8-12(5-2)14(11)19-15(20)13-9-21-16(18-13)10(3)17/h6-10H,4-5,17H2,1-3H3,(H,19,20). The van der Waals surface area contributed by atoms with Crippen LogP contribution in [0.15, 0.2) is 23.6 Å². The molecule has 1 amide bonds. The fourth-order valence-electron chi connectivity index (χ4n) is 2.18. The highest BCUT2D eigenvalue weighted by Crippen LogP contribution is 2.24. The number of hydrogen-bond donors (Lipinski definition) is 2. The summed E-state index contributed by atoms with van der Waals surface area (Å²) in [5.41, 5.74) is 9.43. The highest BCUT2D eigenvalue weighted by atomic mass is 32.1. The zero-order valence-corrected chi connectivity index (χ0v) is 13.5. The average molecular weight is 303 g/mol. The maximum absolute atomic E-state index is 12.4. The summed E-state index contributed by atoms with van der Waals surface area (Å²) in [6.07, 6.45) is 1.76. The highest BCUT2D eigenvalue weighted by molar-refractivity contribution is 7.09. The van der Waals surface area contributed by atoms with Crippen molar-refractivity contribution in [3.05, 3.63) is 45.4 Å². The van der Waals surface area contributed by atoms with Crippen molar-refractivity contribution in [2.24, 2.45) is 5.73 Å². The Morgan fingerprint density at radius 2 is 1.95 bits per heavy atom. The SMILES string of the molecule is CCc1cccc(CC)c1NC(=O)c1csc(C(C)N)n1. The first kappa shape index (κ1) is 15.7. The van der Waals surface area contributed by atoms with E-state index in [-0.39, 0.29) is 11.9 Å². The molecule has 2 aromatic rings. The molecule has 0 saturated carbocycles. The van der Waals surface area contributed by atoms with E-state index >= 15 is 0 Å². The van der Waals surface area contributed by atoms with Crippen LogP contribution in [0.3, 0.4) is 0 Å². The molecule has 0 bridgehead atoms. The van der Waals surface area contributed by atoms with Gasteiger partial charge in [-0.05, 0) is 30.9 Å². The topological polar surface area (TPSA) is 68.0 Å². The molecular weight excluding hydrogens is 282 g/mol. The van der Waals surface area contributed by atoms with Crippen molar-refractivity contribution >= 4 is 22.9 Å². The van der Waals surface area contributed by atoms with Crippen molar-refractivity contribution in [3.63, 3.8) is 0 Å². The van der Waals surface area contributed by atoms with E-state index in [1.165, 1.54) is 11.3 Å². The molecule has 4 nitrogen and oxygen atoms in total. The van der Waals surface area contributed by atoms with Gasteiger partial charge in [0.15, 0.2) is 0 Å². The van der Waals surface area contributed by atoms with Gasteiger partial charge < -0.3 is 11.1 Å². The first-order valence-corrected chi connectivity index (χ1v) is 8.07. The average Bonchev–Trinajstić information content (AvgIpc) is 2.97. The Morgan fingerprint density at radius 1 is 1.33 bits per heavy atom. The number of aromatic nitrogens is 1. The van der Waals surface area contributed by atoms with Gasteiger partial charge in [0.25, 0.3) is 5.91 Å². The molecule has 1 unspecified atom stereocenters. The summed E-state index contributed by atoms with van der Waals surface area (Å²) in [4.78, 5) is 16.7. The minimum absolute atomic E-state index is 0.148. The third kappa shape index (κ3) is 3.49. The number of carbonyl (C=O) groups excluding carboxylic acids is 1. The van der Waals surface area contributed by atoms with Crippen LogP contribution in [0.5, 0.6) is 0 Å². The molecule has 1 heterocycles. The molecule has 0 spiro atoms. The van der Waals surface area contributed by atoms with E-state index in [9.17, 15) is 4.79 Å². The van der Waals surface area contributed by atoms with Crippen molar-refractivity contribution in [2.75, 3.05) is 5.32 Å². The van der Waals surface area contributed by atoms with E-state index in [4.69, 9.17) is 5.73 Å². The monoisotopic (exact) mass is 303 g/mol. The van der Waals surface area contributed by atoms with E-state index in [2.05, 4.69) is 24.1 Å². The summed E-state index contributed by atoms with van der Waals surface area (Å²) in [6.45, 7) is 6.03. The zero-order valence-electron chi connectivity index (χ0n) is 12.6. The van der Waals surface area contributed by atoms with Gasteiger partial charge in [0, 0.05) is 11.1 Å². The number of anilines is 1. The van der Waals surface area contributed by atoms with Crippen LogP contribution in [0.25, 0.3) is 0 Å². The van der Waals surface area contributed by atoms with Crippen LogP contribution in [-0.2, 0) is 12.8 Å². The number of carbonyl (C=O) groups is 1. The smallest absolute Gasteiger partial charge is 0.275 e. The van der Waals surface area contributed by atoms with Gasteiger partial charge in [-0.2, -0.15) is 0 Å². The number of nitrogens with two attached hydrogens (primary N) is 1. The van der Waals surface area contributed by atoms with Crippen molar-refractivity contribution < 1.29 is 4.79 Å². The molecule has 0 aliphatic heterocycles. The zero-order chi connectivity index (χ0) is 15.4. The molecule has 0 radical (unpaired) electrons. The Kier molecular flexibility index (Phi) is 5.09. The third-order valence-electron chi connectivity index (χ3n) is 3.38. The molecule has 1 aromatic carbocycles. The lowest BCUT2D eigenvalue weighted by molar-refractivity contribution is 0.102. The fraction of sp³-hybridized carbons (Fsp3) is 0.375. The van der Waals surface area contributed by atoms with E-state index in [1.807, 2.05) is 25.1 Å². The molecule has 2 rings (SSSR count). The van der Waals surface area contributed by atoms with Crippen LogP contribution >= 0.6 is 11.3 Å². The molecular formula is C16H21N3OS. The van der Waals surface area contributed by atoms with E-state index < -0.39 is 0 Å². The summed E-state index contributed by atoms with van der Waals surface area (Å²) in [7, 11) is 0. The summed E-state index contributed by atoms with van der Waals surface area (Å²) in [5, 5.41) is 5.55. The quantitative estimate of drug-likeness (QED) is 0.887. The van der Waals surface area contributed by atoms with Gasteiger partial charge in [0.05, 0.1) is 6.04 Å². The number of rotatable bonds is 5. The predicted molar refractivity (Wildman–Crippen MR) is 87.9 cm³/mol. The van der Waals surface area contributed by atoms with Crippen molar-refractivity contribution in [2.45, 2.75) is 39.7 Å². The number of amides is 1. The lowest BCUT2D eigenvalue weighted by atomic mass is 10.0. The summed E-state index contributed by atoms with van der Waals surface area (Å²) < 4.78 is 0. The summed E-state index contributed by atoms with van der Waals surface area (Å²) in [5.74, 6) is -0.172. The number of nitrogens with one attached hydrogen (secondary N) is 1. The summed E-state index contributed by atoms with van der Waals surface area (Å²) >= 11 is 1.42. The molecule has 3 N–H and O–H groups in total. The number of nitrogens with zero attached hydrogens (tertiary/aromatic N) is 1. The van der Waals surface area contributed by atoms with Gasteiger partial charge in [0.2, 0.25) is 0 Å². The molecule has 1 atom stereocenters. The molecule has 1 aromatic heterocycles. The molecule has 5 heteroatoms. The van der Waals surface area contributed by atoms with Crippen molar-refractivity contribution in [3.8, 4) is 0 Å². The van der Waals surface area contributed by atoms with Gasteiger partial charge in [-0.1, -0.05) is 32.0 Å². The minimum Gasteiger partial charge on any atom is -0.322 e. The van der Waals surface area contributed by atoms with E-state index in [1.54, 1.807) is 5.38 Å². The maximum Gasteiger partial charge on any atom is 0.275 e. The molecule has 0 fully saturated rings. The third-order valence-corrected chi connectivity index (χ3v) is 4.43. The van der Waals surface area contributed by atoms with Gasteiger partial charge in [-0.25, -0.2) is 4.98 Å². The Hall–Kier alpha value is -1.72. The van der Waals surface area contributed by atoms with Crippen molar-refractivity contribution in [1.82, 2.24) is 4.98 Å². The molecule has 0 saturated heterocycles. The lowest BCUT2D eigenvalue weighted by Gasteiger charge is -2.13. The summed E-state index contributed by atoms with van der Waals surface area (Å²) in [6, 6.07) is 5.97. The molecule has 21 heavy (non-hydrogen) atoms. The van der Waals surface area contributed by atoms with Gasteiger partial charge in [0.1, 0.15) is 10.7 Å². The highest BCUT2D eigenvalue weighted by Gasteiger charge is 2.15. The molecule has 112 valence electrons. The van der Waals surface area contributed by atoms with E-state index in [0.717, 1.165) is 34.7 Å². The lowest BCUT2D eigenvalue weighted by Crippen LogP contribution is -2.16. The maximum atomic E-state index is 12.4. The Morgan fingerprint density at radius 3 is 2.43 bits per heavy atom. The van der Waals surface area contributed by atoms with Gasteiger partial charge >= 0.3 is 0 Å². The first-order chi connectivity index (χ1) is 10.1. The molecule has 0 aliphatic rings. The Balaban J connectivity index is 2.26. The van der Waals surface area contributed by atoms with Crippen LogP contribution in [-0.4, -0.2) is 10.9 Å². The number of hydrogen-bond acceptors (Lipinski definition) is 4. The first-order valence-electron chi connectivity index (χ1n) is 7.19. The second-order valence-corrected chi connectivity index (χ2v) is 5.86. The van der Waals surface area contributed by atoms with Crippen molar-refractivity contribution in [1.29, 1.82) is 0 Å². The predicted octanol–water partition coefficient (Wildman–Crippen LogP) is 3.54. The van der Waals surface area contributed by atoms with Crippen LogP contribution in [0.4, 0.5) is 5.69 Å². The fourth-order valence-corrected chi connectivity index (χ4v) is 2.94. The van der Waals surface area contributed by atoms with Gasteiger partial charge in [-0.15, -0.1) is 11.3 Å². The number of aryl methyl sites for hydroxylation is 2. The Bertz CT molecular complexity index is 612. The number of thiazole rings is 1. The number of para-hydroxylation sites is 1. The van der Waals surface area contributed by atoms with E-state index in [0.29, 0.717) is 5.69 Å². The Labute approximate surface area is 129 Å². The second-order valence-electron chi connectivity index (χ2n) is 4.97. The molecule has 0 aliphatic carbocycles. The van der Waals surface area contributed by atoms with Gasteiger partial charge in [-0.3, -0.25) is 4.79 Å². The van der Waals surface area contributed by atoms with Crippen LogP contribution in [0, 0.1) is 0 Å². The largest absolute Gasteiger partial charge is 0.322 e. The van der Waals surface area contributed by atoms with Crippen LogP contribution in [0.2, 0.25) is 0 Å². The second kappa shape index (κ2) is 6.83. The minimum atomic E-state index is -0.172. The number of benzene rings is 1. The van der Waals surface area contributed by atoms with Crippen LogP contribution < -0.4 is 11.1 Å². The van der Waals surface area contributed by atoms with Crippen LogP contribution in [0.1, 0.15) is 53.4 Å².